The van der Waals surface area contributed by atoms with Gasteiger partial charge in [-0.15, -0.1) is 12.4 Å². The van der Waals surface area contributed by atoms with Gasteiger partial charge in [-0.25, -0.2) is 0 Å². The summed E-state index contributed by atoms with van der Waals surface area (Å²) in [5.41, 5.74) is 8.25. The van der Waals surface area contributed by atoms with Gasteiger partial charge in [0.25, 0.3) is 0 Å². The summed E-state index contributed by atoms with van der Waals surface area (Å²) in [5.74, 6) is 0.722. The van der Waals surface area contributed by atoms with Crippen LogP contribution in [0.15, 0.2) is 24.3 Å². The minimum absolute atomic E-state index is 0. The average Bonchev–Trinajstić information content (AvgIpc) is 3.16. The number of nitrogens with one attached hydrogen (secondary N) is 1. The molecule has 3 rings (SSSR count). The van der Waals surface area contributed by atoms with E-state index in [1.807, 2.05) is 0 Å². The average molecular weight is 337 g/mol. The van der Waals surface area contributed by atoms with Gasteiger partial charge in [0.05, 0.1) is 5.54 Å². The summed E-state index contributed by atoms with van der Waals surface area (Å²) in [6, 6.07) is 8.64. The molecule has 2 aliphatic rings. The molecule has 23 heavy (non-hydrogen) atoms. The molecule has 3 nitrogen and oxygen atoms in total. The Balaban J connectivity index is 0.00000192. The monoisotopic (exact) mass is 336 g/mol. The first-order chi connectivity index (χ1) is 10.6. The molecule has 0 spiro atoms. The van der Waals surface area contributed by atoms with Gasteiger partial charge >= 0.3 is 0 Å². The lowest BCUT2D eigenvalue weighted by Gasteiger charge is -2.33. The standard InChI is InChI=1S/C19H28N2O.ClH/c1-14-6-4-8-16(12-14)19(10-2-3-11-19)21-18(22)17-9-5-7-15(17)13-20;/h4,6,8,12,15,17H,2-3,5,7,9-11,13,20H2,1H3,(H,21,22);1H/t15-,17-;/m1./s1. The molecule has 0 saturated heterocycles. The fraction of sp³-hybridized carbons (Fsp3) is 0.632. The second kappa shape index (κ2) is 7.67. The van der Waals surface area contributed by atoms with Crippen LogP contribution in [0.3, 0.4) is 0 Å². The van der Waals surface area contributed by atoms with Gasteiger partial charge in [0.15, 0.2) is 0 Å². The number of amides is 1. The zero-order valence-corrected chi connectivity index (χ0v) is 14.8. The van der Waals surface area contributed by atoms with Gasteiger partial charge in [-0.2, -0.15) is 0 Å². The first kappa shape index (κ1) is 18.3. The molecule has 0 aromatic heterocycles. The third kappa shape index (κ3) is 3.72. The Morgan fingerprint density at radius 3 is 2.65 bits per heavy atom. The summed E-state index contributed by atoms with van der Waals surface area (Å²) in [6.07, 6.45) is 7.74. The number of carbonyl (C=O) groups is 1. The Kier molecular flexibility index (Phi) is 6.10. The van der Waals surface area contributed by atoms with E-state index in [9.17, 15) is 4.79 Å². The van der Waals surface area contributed by atoms with E-state index in [0.717, 1.165) is 32.1 Å². The molecular weight excluding hydrogens is 308 g/mol. The van der Waals surface area contributed by atoms with Gasteiger partial charge in [0.1, 0.15) is 0 Å². The maximum absolute atomic E-state index is 12.9. The molecule has 1 aromatic carbocycles. The fourth-order valence-corrected chi connectivity index (χ4v) is 4.40. The number of benzene rings is 1. The minimum Gasteiger partial charge on any atom is -0.346 e. The van der Waals surface area contributed by atoms with Gasteiger partial charge in [0.2, 0.25) is 5.91 Å². The second-order valence-electron chi connectivity index (χ2n) is 7.18. The van der Waals surface area contributed by atoms with Crippen LogP contribution in [-0.2, 0) is 10.3 Å². The highest BCUT2D eigenvalue weighted by Crippen LogP contribution is 2.40. The number of hydrogen-bond donors (Lipinski definition) is 2. The van der Waals surface area contributed by atoms with E-state index in [0.29, 0.717) is 12.5 Å². The predicted octanol–water partition coefficient (Wildman–Crippen LogP) is 3.68. The van der Waals surface area contributed by atoms with Crippen molar-refractivity contribution in [3.63, 3.8) is 0 Å². The lowest BCUT2D eigenvalue weighted by molar-refractivity contribution is -0.128. The molecule has 2 aliphatic carbocycles. The third-order valence-electron chi connectivity index (χ3n) is 5.69. The lowest BCUT2D eigenvalue weighted by Crippen LogP contribution is -2.47. The summed E-state index contributed by atoms with van der Waals surface area (Å²) in [5, 5.41) is 3.45. The van der Waals surface area contributed by atoms with Crippen LogP contribution in [0.4, 0.5) is 0 Å². The number of carbonyl (C=O) groups excluding carboxylic acids is 1. The zero-order chi connectivity index (χ0) is 15.6. The van der Waals surface area contributed by atoms with Crippen molar-refractivity contribution in [3.05, 3.63) is 35.4 Å². The number of halogens is 1. The van der Waals surface area contributed by atoms with E-state index < -0.39 is 0 Å². The van der Waals surface area contributed by atoms with Crippen LogP contribution in [0, 0.1) is 18.8 Å². The summed E-state index contributed by atoms with van der Waals surface area (Å²) < 4.78 is 0. The van der Waals surface area contributed by atoms with Crippen LogP contribution >= 0.6 is 12.4 Å². The van der Waals surface area contributed by atoms with Gasteiger partial charge < -0.3 is 11.1 Å². The molecule has 0 heterocycles. The van der Waals surface area contributed by atoms with E-state index >= 15 is 0 Å². The summed E-state index contributed by atoms with van der Waals surface area (Å²) >= 11 is 0. The van der Waals surface area contributed by atoms with Crippen LogP contribution in [0.1, 0.15) is 56.1 Å². The first-order valence-corrected chi connectivity index (χ1v) is 8.74. The van der Waals surface area contributed by atoms with Gasteiger partial charge in [-0.1, -0.05) is 49.1 Å². The molecule has 2 atom stereocenters. The van der Waals surface area contributed by atoms with Crippen LogP contribution in [0.5, 0.6) is 0 Å². The van der Waals surface area contributed by atoms with Crippen molar-refractivity contribution in [2.45, 2.75) is 57.4 Å². The number of hydrogen-bond acceptors (Lipinski definition) is 2. The smallest absolute Gasteiger partial charge is 0.224 e. The molecular formula is C19H29ClN2O. The predicted molar refractivity (Wildman–Crippen MR) is 96.6 cm³/mol. The quantitative estimate of drug-likeness (QED) is 0.881. The largest absolute Gasteiger partial charge is 0.346 e. The number of nitrogens with two attached hydrogens (primary N) is 1. The van der Waals surface area contributed by atoms with Crippen LogP contribution in [-0.4, -0.2) is 12.5 Å². The van der Waals surface area contributed by atoms with Gasteiger partial charge in [-0.3, -0.25) is 4.79 Å². The highest BCUT2D eigenvalue weighted by Gasteiger charge is 2.40. The Hall–Kier alpha value is -1.06. The van der Waals surface area contributed by atoms with Crippen molar-refractivity contribution in [2.24, 2.45) is 17.6 Å². The Morgan fingerprint density at radius 2 is 2.00 bits per heavy atom. The third-order valence-corrected chi connectivity index (χ3v) is 5.69. The molecule has 1 amide bonds. The van der Waals surface area contributed by atoms with Crippen molar-refractivity contribution in [2.75, 3.05) is 6.54 Å². The highest BCUT2D eigenvalue weighted by molar-refractivity contribution is 5.85. The normalized spacial score (nSPS) is 25.8. The van der Waals surface area contributed by atoms with E-state index in [1.54, 1.807) is 0 Å². The molecule has 1 aromatic rings. The molecule has 2 fully saturated rings. The Bertz CT molecular complexity index is 540. The van der Waals surface area contributed by atoms with Crippen LogP contribution in [0.25, 0.3) is 0 Å². The molecule has 4 heteroatoms. The van der Waals surface area contributed by atoms with E-state index in [-0.39, 0.29) is 29.8 Å². The van der Waals surface area contributed by atoms with Crippen molar-refractivity contribution >= 4 is 18.3 Å². The summed E-state index contributed by atoms with van der Waals surface area (Å²) in [4.78, 5) is 12.9. The van der Waals surface area contributed by atoms with E-state index in [2.05, 4.69) is 36.5 Å². The van der Waals surface area contributed by atoms with E-state index in [4.69, 9.17) is 5.73 Å². The zero-order valence-electron chi connectivity index (χ0n) is 14.0. The topological polar surface area (TPSA) is 55.1 Å². The van der Waals surface area contributed by atoms with Gasteiger partial charge in [-0.05, 0) is 50.6 Å². The van der Waals surface area contributed by atoms with Crippen molar-refractivity contribution in [1.29, 1.82) is 0 Å². The molecule has 128 valence electrons. The number of aryl methyl sites for hydroxylation is 1. The minimum atomic E-state index is -0.148. The maximum Gasteiger partial charge on any atom is 0.224 e. The van der Waals surface area contributed by atoms with Crippen LogP contribution < -0.4 is 11.1 Å². The molecule has 0 aliphatic heterocycles. The Morgan fingerprint density at radius 1 is 1.26 bits per heavy atom. The fourth-order valence-electron chi connectivity index (χ4n) is 4.40. The summed E-state index contributed by atoms with van der Waals surface area (Å²) in [6.45, 7) is 2.75. The van der Waals surface area contributed by atoms with E-state index in [1.165, 1.54) is 24.0 Å². The van der Waals surface area contributed by atoms with Crippen LogP contribution in [0.2, 0.25) is 0 Å². The molecule has 0 unspecified atom stereocenters. The van der Waals surface area contributed by atoms with Gasteiger partial charge in [0, 0.05) is 5.92 Å². The molecule has 0 radical (unpaired) electrons. The highest BCUT2D eigenvalue weighted by atomic mass is 35.5. The summed E-state index contributed by atoms with van der Waals surface area (Å²) in [7, 11) is 0. The molecule has 2 saturated carbocycles. The lowest BCUT2D eigenvalue weighted by atomic mass is 9.85. The maximum atomic E-state index is 12.9. The number of rotatable bonds is 4. The SMILES string of the molecule is Cc1cccc(C2(NC(=O)[C@@H]3CCC[C@@H]3CN)CCCC2)c1.Cl. The second-order valence-corrected chi connectivity index (χ2v) is 7.18. The molecule has 3 N–H and O–H groups in total. The van der Waals surface area contributed by atoms with Crippen molar-refractivity contribution < 1.29 is 4.79 Å². The Labute approximate surface area is 145 Å². The molecule has 0 bridgehead atoms. The van der Waals surface area contributed by atoms with Crippen molar-refractivity contribution in [1.82, 2.24) is 5.32 Å². The van der Waals surface area contributed by atoms with Crippen molar-refractivity contribution in [3.8, 4) is 0 Å². The first-order valence-electron chi connectivity index (χ1n) is 8.74.